The predicted octanol–water partition coefficient (Wildman–Crippen LogP) is 5.31. The van der Waals surface area contributed by atoms with E-state index in [1.54, 1.807) is 24.3 Å². The van der Waals surface area contributed by atoms with Crippen molar-refractivity contribution >= 4 is 28.4 Å². The Bertz CT molecular complexity index is 1130. The summed E-state index contributed by atoms with van der Waals surface area (Å²) in [6.07, 6.45) is 0. The lowest BCUT2D eigenvalue weighted by atomic mass is 10.2. The van der Waals surface area contributed by atoms with E-state index in [0.717, 1.165) is 11.1 Å². The van der Waals surface area contributed by atoms with E-state index < -0.39 is 5.97 Å². The monoisotopic (exact) mass is 359 g/mol. The van der Waals surface area contributed by atoms with E-state index in [1.807, 2.05) is 24.3 Å². The first-order valence-corrected chi connectivity index (χ1v) is 8.04. The Hall–Kier alpha value is -4.00. The maximum absolute atomic E-state index is 11.0. The fourth-order valence-corrected chi connectivity index (χ4v) is 2.51. The number of aromatic carboxylic acids is 1. The van der Waals surface area contributed by atoms with Crippen molar-refractivity contribution in [3.8, 4) is 17.2 Å². The van der Waals surface area contributed by atoms with Gasteiger partial charge in [0.25, 0.3) is 0 Å². The van der Waals surface area contributed by atoms with Gasteiger partial charge in [-0.3, -0.25) is 0 Å². The number of rotatable bonds is 4. The van der Waals surface area contributed by atoms with Crippen LogP contribution in [0.25, 0.3) is 22.6 Å². The number of benzene rings is 3. The molecule has 0 radical (unpaired) electrons. The first-order chi connectivity index (χ1) is 13.1. The van der Waals surface area contributed by atoms with Gasteiger partial charge < -0.3 is 14.6 Å². The number of carbonyl (C=O) groups is 1. The van der Waals surface area contributed by atoms with Gasteiger partial charge in [-0.15, -0.1) is 5.11 Å². The van der Waals surface area contributed by atoms with E-state index in [2.05, 4.69) is 15.2 Å². The van der Waals surface area contributed by atoms with Gasteiger partial charge in [-0.1, -0.05) is 12.1 Å². The van der Waals surface area contributed by atoms with Crippen molar-refractivity contribution in [2.24, 2.45) is 10.2 Å². The molecular formula is C20H13N3O4. The zero-order chi connectivity index (χ0) is 18.8. The summed E-state index contributed by atoms with van der Waals surface area (Å²) in [5.41, 5.74) is 2.93. The molecule has 27 heavy (non-hydrogen) atoms. The van der Waals surface area contributed by atoms with E-state index in [-0.39, 0.29) is 17.0 Å². The number of hydrogen-bond donors (Lipinski definition) is 2. The Kier molecular flexibility index (Phi) is 4.10. The predicted molar refractivity (Wildman–Crippen MR) is 98.7 cm³/mol. The van der Waals surface area contributed by atoms with Gasteiger partial charge in [-0.05, 0) is 54.6 Å². The molecule has 0 fully saturated rings. The molecule has 4 rings (SSSR count). The minimum Gasteiger partial charge on any atom is -0.506 e. The number of aromatic hydroxyl groups is 1. The molecule has 3 aromatic carbocycles. The Balaban J connectivity index is 1.58. The van der Waals surface area contributed by atoms with Crippen LogP contribution >= 0.6 is 0 Å². The lowest BCUT2D eigenvalue weighted by Crippen LogP contribution is -1.94. The summed E-state index contributed by atoms with van der Waals surface area (Å²) < 4.78 is 5.72. The topological polar surface area (TPSA) is 108 Å². The van der Waals surface area contributed by atoms with Gasteiger partial charge in [-0.25, -0.2) is 9.78 Å². The quantitative estimate of drug-likeness (QED) is 0.480. The molecule has 0 aliphatic heterocycles. The lowest BCUT2D eigenvalue weighted by molar-refractivity contribution is 0.0697. The van der Waals surface area contributed by atoms with Crippen LogP contribution in [0.3, 0.4) is 0 Å². The zero-order valence-electron chi connectivity index (χ0n) is 13.9. The molecule has 132 valence electrons. The third kappa shape index (κ3) is 3.38. The summed E-state index contributed by atoms with van der Waals surface area (Å²) in [6.45, 7) is 0. The van der Waals surface area contributed by atoms with E-state index in [0.29, 0.717) is 17.2 Å². The number of phenolic OH excluding ortho intramolecular Hbond substituents is 1. The Morgan fingerprint density at radius 3 is 2.48 bits per heavy atom. The molecule has 0 aliphatic rings. The van der Waals surface area contributed by atoms with Gasteiger partial charge >= 0.3 is 5.97 Å². The van der Waals surface area contributed by atoms with Crippen molar-refractivity contribution in [1.29, 1.82) is 0 Å². The second-order valence-electron chi connectivity index (χ2n) is 5.74. The maximum Gasteiger partial charge on any atom is 0.335 e. The second-order valence-corrected chi connectivity index (χ2v) is 5.74. The first-order valence-electron chi connectivity index (χ1n) is 8.04. The summed E-state index contributed by atoms with van der Waals surface area (Å²) >= 11 is 0. The number of carboxylic acids is 1. The molecule has 1 aromatic heterocycles. The van der Waals surface area contributed by atoms with Crippen molar-refractivity contribution in [1.82, 2.24) is 4.98 Å². The van der Waals surface area contributed by atoms with Crippen molar-refractivity contribution in [2.45, 2.75) is 0 Å². The summed E-state index contributed by atoms with van der Waals surface area (Å²) in [5, 5.41) is 26.8. The van der Waals surface area contributed by atoms with Crippen molar-refractivity contribution in [3.05, 3.63) is 72.3 Å². The molecule has 0 saturated heterocycles. The van der Waals surface area contributed by atoms with Crippen LogP contribution in [0.15, 0.2) is 81.4 Å². The fourth-order valence-electron chi connectivity index (χ4n) is 2.51. The Labute approximate surface area is 153 Å². The highest BCUT2D eigenvalue weighted by Gasteiger charge is 2.09. The lowest BCUT2D eigenvalue weighted by Gasteiger charge is -2.00. The number of oxazole rings is 1. The summed E-state index contributed by atoms with van der Waals surface area (Å²) in [7, 11) is 0. The molecule has 0 amide bonds. The second kappa shape index (κ2) is 6.72. The highest BCUT2D eigenvalue weighted by Crippen LogP contribution is 2.30. The molecule has 7 heteroatoms. The molecule has 2 N–H and O–H groups in total. The van der Waals surface area contributed by atoms with Gasteiger partial charge in [-0.2, -0.15) is 5.11 Å². The van der Waals surface area contributed by atoms with Crippen LogP contribution in [0.5, 0.6) is 5.75 Å². The van der Waals surface area contributed by atoms with Crippen LogP contribution in [-0.2, 0) is 0 Å². The molecule has 0 aliphatic carbocycles. The average molecular weight is 359 g/mol. The molecule has 7 nitrogen and oxygen atoms in total. The number of hydrogen-bond acceptors (Lipinski definition) is 6. The summed E-state index contributed by atoms with van der Waals surface area (Å²) in [4.78, 5) is 15.4. The van der Waals surface area contributed by atoms with Crippen molar-refractivity contribution < 1.29 is 19.4 Å². The van der Waals surface area contributed by atoms with Crippen LogP contribution < -0.4 is 0 Å². The minimum absolute atomic E-state index is 0.0213. The highest BCUT2D eigenvalue weighted by molar-refractivity contribution is 5.89. The molecule has 0 atom stereocenters. The number of phenols is 1. The molecule has 4 aromatic rings. The van der Waals surface area contributed by atoms with Crippen LogP contribution in [0, 0.1) is 0 Å². The van der Waals surface area contributed by atoms with Gasteiger partial charge in [0.05, 0.1) is 11.3 Å². The SMILES string of the molecule is O=C(O)c1ccc(O)c(N=Nc2ccc(-c3nc4ccccc4o3)cc2)c1. The summed E-state index contributed by atoms with van der Waals surface area (Å²) in [5.74, 6) is -0.743. The molecule has 0 spiro atoms. The molecule has 0 saturated carbocycles. The highest BCUT2D eigenvalue weighted by atomic mass is 16.4. The summed E-state index contributed by atoms with van der Waals surface area (Å²) in [6, 6.07) is 18.4. The minimum atomic E-state index is -1.10. The van der Waals surface area contributed by atoms with Crippen LogP contribution in [0.1, 0.15) is 10.4 Å². The van der Waals surface area contributed by atoms with Gasteiger partial charge in [0.2, 0.25) is 5.89 Å². The number of azo groups is 1. The number of para-hydroxylation sites is 2. The Morgan fingerprint density at radius 1 is 0.963 bits per heavy atom. The third-order valence-corrected chi connectivity index (χ3v) is 3.90. The average Bonchev–Trinajstić information content (AvgIpc) is 3.12. The van der Waals surface area contributed by atoms with Crippen LogP contribution in [0.4, 0.5) is 11.4 Å². The zero-order valence-corrected chi connectivity index (χ0v) is 13.9. The Morgan fingerprint density at radius 2 is 1.74 bits per heavy atom. The van der Waals surface area contributed by atoms with Crippen LogP contribution in [0.2, 0.25) is 0 Å². The van der Waals surface area contributed by atoms with E-state index in [9.17, 15) is 9.90 Å². The number of nitrogens with zero attached hydrogens (tertiary/aromatic N) is 3. The van der Waals surface area contributed by atoms with Gasteiger partial charge in [0.1, 0.15) is 17.0 Å². The molecule has 0 unspecified atom stereocenters. The number of carboxylic acid groups (broad SMARTS) is 1. The largest absolute Gasteiger partial charge is 0.506 e. The molecular weight excluding hydrogens is 346 g/mol. The smallest absolute Gasteiger partial charge is 0.335 e. The van der Waals surface area contributed by atoms with E-state index in [1.165, 1.54) is 18.2 Å². The first kappa shape index (κ1) is 16.5. The van der Waals surface area contributed by atoms with Crippen molar-refractivity contribution in [3.63, 3.8) is 0 Å². The normalized spacial score (nSPS) is 11.3. The molecule has 1 heterocycles. The maximum atomic E-state index is 11.0. The molecule has 0 bridgehead atoms. The number of fused-ring (bicyclic) bond motifs is 1. The van der Waals surface area contributed by atoms with Crippen LogP contribution in [-0.4, -0.2) is 21.2 Å². The number of aromatic nitrogens is 1. The van der Waals surface area contributed by atoms with E-state index >= 15 is 0 Å². The third-order valence-electron chi connectivity index (χ3n) is 3.90. The van der Waals surface area contributed by atoms with E-state index in [4.69, 9.17) is 9.52 Å². The van der Waals surface area contributed by atoms with Gasteiger partial charge in [0.15, 0.2) is 5.58 Å². The standard InChI is InChI=1S/C20H13N3O4/c24-17-10-7-13(20(25)26)11-16(17)23-22-14-8-5-12(6-9-14)19-21-15-3-1-2-4-18(15)27-19/h1-11,24H,(H,25,26). The fraction of sp³-hybridized carbons (Fsp3) is 0. The van der Waals surface area contributed by atoms with Gasteiger partial charge in [0, 0.05) is 5.56 Å². The van der Waals surface area contributed by atoms with Crippen molar-refractivity contribution in [2.75, 3.05) is 0 Å².